The lowest BCUT2D eigenvalue weighted by Gasteiger charge is -2.26. The number of allylic oxidation sites excluding steroid dienone is 1. The second-order valence-electron chi connectivity index (χ2n) is 6.52. The van der Waals surface area contributed by atoms with Crippen LogP contribution in [0.3, 0.4) is 0 Å². The lowest BCUT2D eigenvalue weighted by Crippen LogP contribution is -2.24. The quantitative estimate of drug-likeness (QED) is 0.865. The number of ketones is 1. The smallest absolute Gasteiger partial charge is 0.163 e. The van der Waals surface area contributed by atoms with Crippen molar-refractivity contribution in [3.05, 3.63) is 59.3 Å². The number of fused-ring (bicyclic) bond motifs is 1. The summed E-state index contributed by atoms with van der Waals surface area (Å²) in [7, 11) is 3.27. The van der Waals surface area contributed by atoms with E-state index in [4.69, 9.17) is 9.47 Å². The topological polar surface area (TPSA) is 59.6 Å². The number of methoxy groups -OCH3 is 2. The molecular formula is C21H22N2O3. The van der Waals surface area contributed by atoms with Gasteiger partial charge in [0.05, 0.1) is 31.6 Å². The number of nitrogens with one attached hydrogen (secondary N) is 2. The van der Waals surface area contributed by atoms with Crippen LogP contribution in [-0.4, -0.2) is 20.0 Å². The number of rotatable bonds is 3. The number of carbonyl (C=O) groups excluding carboxylic acids is 1. The lowest BCUT2D eigenvalue weighted by molar-refractivity contribution is -0.116. The van der Waals surface area contributed by atoms with Gasteiger partial charge in [-0.3, -0.25) is 4.79 Å². The molecule has 2 N–H and O–H groups in total. The number of anilines is 2. The summed E-state index contributed by atoms with van der Waals surface area (Å²) in [6, 6.07) is 13.5. The van der Waals surface area contributed by atoms with Crippen molar-refractivity contribution in [1.29, 1.82) is 0 Å². The molecule has 2 aliphatic rings. The summed E-state index contributed by atoms with van der Waals surface area (Å²) in [6.07, 6.45) is 2.32. The summed E-state index contributed by atoms with van der Waals surface area (Å²) in [6.45, 7) is 0. The molecule has 0 saturated carbocycles. The molecule has 0 radical (unpaired) electrons. The summed E-state index contributed by atoms with van der Waals surface area (Å²) < 4.78 is 10.9. The van der Waals surface area contributed by atoms with Crippen LogP contribution in [0.25, 0.3) is 0 Å². The highest BCUT2D eigenvalue weighted by Crippen LogP contribution is 2.43. The van der Waals surface area contributed by atoms with E-state index in [1.54, 1.807) is 14.2 Å². The number of benzene rings is 2. The first-order chi connectivity index (χ1) is 12.7. The van der Waals surface area contributed by atoms with Crippen molar-refractivity contribution in [3.63, 3.8) is 0 Å². The molecule has 0 fully saturated rings. The van der Waals surface area contributed by atoms with Gasteiger partial charge in [0.15, 0.2) is 5.78 Å². The molecule has 1 aliphatic carbocycles. The molecule has 0 aromatic heterocycles. The van der Waals surface area contributed by atoms with E-state index in [1.807, 2.05) is 42.5 Å². The van der Waals surface area contributed by atoms with Crippen molar-refractivity contribution in [1.82, 2.24) is 0 Å². The van der Waals surface area contributed by atoms with E-state index in [1.165, 1.54) is 0 Å². The fourth-order valence-electron chi connectivity index (χ4n) is 3.73. The average molecular weight is 350 g/mol. The first-order valence-electron chi connectivity index (χ1n) is 8.82. The molecule has 0 amide bonds. The van der Waals surface area contributed by atoms with E-state index in [2.05, 4.69) is 10.6 Å². The van der Waals surface area contributed by atoms with Gasteiger partial charge in [-0.05, 0) is 37.1 Å². The molecule has 2 aromatic carbocycles. The molecule has 0 spiro atoms. The summed E-state index contributed by atoms with van der Waals surface area (Å²) in [5.41, 5.74) is 4.69. The van der Waals surface area contributed by atoms with Gasteiger partial charge in [-0.2, -0.15) is 0 Å². The largest absolute Gasteiger partial charge is 0.497 e. The third-order valence-electron chi connectivity index (χ3n) is 5.01. The van der Waals surface area contributed by atoms with Crippen molar-refractivity contribution in [3.8, 4) is 11.5 Å². The molecule has 26 heavy (non-hydrogen) atoms. The second-order valence-corrected chi connectivity index (χ2v) is 6.52. The Bertz CT molecular complexity index is 889. The molecule has 0 saturated heterocycles. The summed E-state index contributed by atoms with van der Waals surface area (Å²) >= 11 is 0. The minimum atomic E-state index is -0.269. The van der Waals surface area contributed by atoms with Crippen molar-refractivity contribution in [2.24, 2.45) is 0 Å². The summed E-state index contributed by atoms with van der Waals surface area (Å²) in [4.78, 5) is 12.8. The average Bonchev–Trinajstić information content (AvgIpc) is 2.84. The Morgan fingerprint density at radius 1 is 1.00 bits per heavy atom. The van der Waals surface area contributed by atoms with Gasteiger partial charge in [0, 0.05) is 29.3 Å². The van der Waals surface area contributed by atoms with Crippen LogP contribution in [-0.2, 0) is 4.79 Å². The Morgan fingerprint density at radius 3 is 2.58 bits per heavy atom. The van der Waals surface area contributed by atoms with Gasteiger partial charge < -0.3 is 20.1 Å². The highest BCUT2D eigenvalue weighted by molar-refractivity contribution is 6.00. The first-order valence-corrected chi connectivity index (χ1v) is 8.82. The lowest BCUT2D eigenvalue weighted by atomic mass is 9.86. The van der Waals surface area contributed by atoms with Crippen molar-refractivity contribution >= 4 is 17.2 Å². The Labute approximate surface area is 153 Å². The third kappa shape index (κ3) is 2.79. The molecular weight excluding hydrogens is 328 g/mol. The third-order valence-corrected chi connectivity index (χ3v) is 5.01. The molecule has 5 nitrogen and oxygen atoms in total. The van der Waals surface area contributed by atoms with E-state index in [9.17, 15) is 4.79 Å². The van der Waals surface area contributed by atoms with Gasteiger partial charge in [0.2, 0.25) is 0 Å². The van der Waals surface area contributed by atoms with Gasteiger partial charge >= 0.3 is 0 Å². The van der Waals surface area contributed by atoms with Crippen molar-refractivity contribution in [2.75, 3.05) is 24.9 Å². The zero-order chi connectivity index (χ0) is 18.1. The fourth-order valence-corrected chi connectivity index (χ4v) is 3.73. The molecule has 0 unspecified atom stereocenters. The number of ether oxygens (including phenoxy) is 2. The SMILES string of the molecule is COc1ccc([C@@H]2Nc3ccccc3NC3=C2C(=O)CCC3)c(OC)c1. The van der Waals surface area contributed by atoms with Crippen LogP contribution in [0.5, 0.6) is 11.5 Å². The number of hydrogen-bond acceptors (Lipinski definition) is 5. The number of hydrogen-bond donors (Lipinski definition) is 2. The van der Waals surface area contributed by atoms with Crippen LogP contribution < -0.4 is 20.1 Å². The Morgan fingerprint density at radius 2 is 1.81 bits per heavy atom. The first kappa shape index (κ1) is 16.5. The van der Waals surface area contributed by atoms with E-state index in [0.717, 1.165) is 46.8 Å². The number of para-hydroxylation sites is 2. The van der Waals surface area contributed by atoms with E-state index in [-0.39, 0.29) is 11.8 Å². The molecule has 1 aliphatic heterocycles. The maximum Gasteiger partial charge on any atom is 0.163 e. The molecule has 1 atom stereocenters. The van der Waals surface area contributed by atoms with Gasteiger partial charge in [0.1, 0.15) is 11.5 Å². The summed E-state index contributed by atoms with van der Waals surface area (Å²) in [5, 5.41) is 7.04. The predicted molar refractivity (Wildman–Crippen MR) is 102 cm³/mol. The van der Waals surface area contributed by atoms with E-state index >= 15 is 0 Å². The summed E-state index contributed by atoms with van der Waals surface area (Å²) in [5.74, 6) is 1.61. The predicted octanol–water partition coefficient (Wildman–Crippen LogP) is 4.29. The van der Waals surface area contributed by atoms with E-state index < -0.39 is 0 Å². The van der Waals surface area contributed by atoms with Gasteiger partial charge in [-0.15, -0.1) is 0 Å². The monoisotopic (exact) mass is 350 g/mol. The zero-order valence-electron chi connectivity index (χ0n) is 15.0. The van der Waals surface area contributed by atoms with Crippen molar-refractivity contribution < 1.29 is 14.3 Å². The van der Waals surface area contributed by atoms with Crippen molar-refractivity contribution in [2.45, 2.75) is 25.3 Å². The standard InChI is InChI=1S/C21H22N2O3/c1-25-13-10-11-14(19(12-13)26-2)21-20-17(8-5-9-18(20)24)22-15-6-3-4-7-16(15)23-21/h3-4,6-7,10-12,21-23H,5,8-9H2,1-2H3/t21-/m0/s1. The molecule has 2 aromatic rings. The molecule has 0 bridgehead atoms. The molecule has 5 heteroatoms. The van der Waals surface area contributed by atoms with Crippen LogP contribution >= 0.6 is 0 Å². The Hall–Kier alpha value is -2.95. The van der Waals surface area contributed by atoms with E-state index in [0.29, 0.717) is 12.2 Å². The van der Waals surface area contributed by atoms with Crippen LogP contribution in [0.15, 0.2) is 53.7 Å². The maximum absolute atomic E-state index is 12.8. The fraction of sp³-hybridized carbons (Fsp3) is 0.286. The van der Waals surface area contributed by atoms with Crippen LogP contribution in [0.4, 0.5) is 11.4 Å². The van der Waals surface area contributed by atoms with Gasteiger partial charge in [-0.25, -0.2) is 0 Å². The van der Waals surface area contributed by atoms with Gasteiger partial charge in [0.25, 0.3) is 0 Å². The van der Waals surface area contributed by atoms with Crippen LogP contribution in [0, 0.1) is 0 Å². The van der Waals surface area contributed by atoms with Crippen LogP contribution in [0.2, 0.25) is 0 Å². The zero-order valence-corrected chi connectivity index (χ0v) is 15.0. The maximum atomic E-state index is 12.8. The normalized spacial score (nSPS) is 18.8. The molecule has 4 rings (SSSR count). The second kappa shape index (κ2) is 6.75. The number of Topliss-reactive ketones (excluding diaryl/α,β-unsaturated/α-hetero) is 1. The van der Waals surface area contributed by atoms with Crippen LogP contribution in [0.1, 0.15) is 30.9 Å². The molecule has 1 heterocycles. The minimum Gasteiger partial charge on any atom is -0.497 e. The Balaban J connectivity index is 1.88. The highest BCUT2D eigenvalue weighted by atomic mass is 16.5. The minimum absolute atomic E-state index is 0.182. The van der Waals surface area contributed by atoms with Gasteiger partial charge in [-0.1, -0.05) is 12.1 Å². The Kier molecular flexibility index (Phi) is 4.29. The number of carbonyl (C=O) groups is 1. The molecule has 134 valence electrons. The highest BCUT2D eigenvalue weighted by Gasteiger charge is 2.33.